The number of hydrogen-bond acceptors (Lipinski definition) is 3. The van der Waals surface area contributed by atoms with Gasteiger partial charge in [0.1, 0.15) is 11.7 Å². The van der Waals surface area contributed by atoms with E-state index in [-0.39, 0.29) is 11.7 Å². The second kappa shape index (κ2) is 5.95. The van der Waals surface area contributed by atoms with E-state index in [0.717, 1.165) is 6.54 Å². The lowest BCUT2D eigenvalue weighted by molar-refractivity contribution is 0.316. The van der Waals surface area contributed by atoms with Crippen molar-refractivity contribution < 1.29 is 4.39 Å². The van der Waals surface area contributed by atoms with E-state index in [4.69, 9.17) is 11.1 Å². The summed E-state index contributed by atoms with van der Waals surface area (Å²) in [7, 11) is 1.96. The van der Waals surface area contributed by atoms with Crippen molar-refractivity contribution in [3.8, 4) is 0 Å². The summed E-state index contributed by atoms with van der Waals surface area (Å²) in [6.45, 7) is 1.33. The number of hydrogen-bond donors (Lipinski definition) is 2. The van der Waals surface area contributed by atoms with Gasteiger partial charge < -0.3 is 5.73 Å². The van der Waals surface area contributed by atoms with Gasteiger partial charge in [-0.3, -0.25) is 10.3 Å². The van der Waals surface area contributed by atoms with Crippen molar-refractivity contribution in [1.82, 2.24) is 4.90 Å². The Kier molecular flexibility index (Phi) is 4.29. The minimum absolute atomic E-state index is 0.114. The first kappa shape index (κ1) is 13.7. The fourth-order valence-corrected chi connectivity index (χ4v) is 2.64. The molecule has 1 aromatic heterocycles. The van der Waals surface area contributed by atoms with Gasteiger partial charge in [0.15, 0.2) is 0 Å². The van der Waals surface area contributed by atoms with Gasteiger partial charge in [0.25, 0.3) is 0 Å². The average molecular weight is 277 g/mol. The van der Waals surface area contributed by atoms with Crippen LogP contribution in [0.15, 0.2) is 35.7 Å². The van der Waals surface area contributed by atoms with Crippen molar-refractivity contribution >= 4 is 17.2 Å². The minimum atomic E-state index is -0.314. The molecule has 0 saturated carbocycles. The Morgan fingerprint density at radius 1 is 1.37 bits per heavy atom. The van der Waals surface area contributed by atoms with Crippen LogP contribution in [0.25, 0.3) is 0 Å². The highest BCUT2D eigenvalue weighted by Gasteiger charge is 2.08. The van der Waals surface area contributed by atoms with E-state index in [1.807, 2.05) is 18.5 Å². The maximum absolute atomic E-state index is 13.9. The van der Waals surface area contributed by atoms with Crippen molar-refractivity contribution in [2.75, 3.05) is 7.05 Å². The molecule has 0 bridgehead atoms. The van der Waals surface area contributed by atoms with Crippen LogP contribution >= 0.6 is 11.3 Å². The predicted molar refractivity (Wildman–Crippen MR) is 76.9 cm³/mol. The van der Waals surface area contributed by atoms with Crippen molar-refractivity contribution in [2.45, 2.75) is 13.1 Å². The number of benzene rings is 1. The zero-order valence-electron chi connectivity index (χ0n) is 10.7. The normalized spacial score (nSPS) is 10.9. The van der Waals surface area contributed by atoms with Crippen molar-refractivity contribution in [3.63, 3.8) is 0 Å². The Morgan fingerprint density at radius 3 is 2.74 bits per heavy atom. The third-order valence-electron chi connectivity index (χ3n) is 2.81. The van der Waals surface area contributed by atoms with Crippen LogP contribution in [-0.2, 0) is 13.1 Å². The van der Waals surface area contributed by atoms with Crippen LogP contribution < -0.4 is 5.73 Å². The fraction of sp³-hybridized carbons (Fsp3) is 0.214. The van der Waals surface area contributed by atoms with Crippen LogP contribution in [0.2, 0.25) is 0 Å². The van der Waals surface area contributed by atoms with E-state index in [9.17, 15) is 4.39 Å². The summed E-state index contributed by atoms with van der Waals surface area (Å²) in [6.07, 6.45) is 0. The molecule has 0 aliphatic rings. The van der Waals surface area contributed by atoms with E-state index < -0.39 is 0 Å². The Bertz CT molecular complexity index is 566. The Hall–Kier alpha value is -1.72. The molecule has 0 fully saturated rings. The molecular weight excluding hydrogens is 261 g/mol. The van der Waals surface area contributed by atoms with Gasteiger partial charge in [-0.05, 0) is 24.6 Å². The lowest BCUT2D eigenvalue weighted by Gasteiger charge is -2.16. The number of halogens is 1. The Labute approximate surface area is 116 Å². The Morgan fingerprint density at radius 2 is 2.16 bits per heavy atom. The van der Waals surface area contributed by atoms with Crippen molar-refractivity contribution in [2.24, 2.45) is 5.73 Å². The summed E-state index contributed by atoms with van der Waals surface area (Å²) < 4.78 is 13.9. The van der Waals surface area contributed by atoms with Crippen molar-refractivity contribution in [3.05, 3.63) is 57.5 Å². The second-order valence-corrected chi connectivity index (χ2v) is 5.50. The van der Waals surface area contributed by atoms with Crippen LogP contribution in [-0.4, -0.2) is 17.8 Å². The lowest BCUT2D eigenvalue weighted by atomic mass is 10.1. The molecule has 0 aliphatic carbocycles. The number of nitrogen functional groups attached to an aromatic ring is 1. The molecule has 0 amide bonds. The smallest absolute Gasteiger partial charge is 0.128 e. The molecule has 0 spiro atoms. The fourth-order valence-electron chi connectivity index (χ4n) is 1.86. The molecular formula is C14H16FN3S. The molecule has 1 aromatic carbocycles. The maximum atomic E-state index is 13.9. The molecule has 0 saturated heterocycles. The summed E-state index contributed by atoms with van der Waals surface area (Å²) in [5.41, 5.74) is 6.37. The van der Waals surface area contributed by atoms with Crippen LogP contribution in [0.3, 0.4) is 0 Å². The molecule has 19 heavy (non-hydrogen) atoms. The van der Waals surface area contributed by atoms with Gasteiger partial charge in [0.2, 0.25) is 0 Å². The number of amidine groups is 1. The van der Waals surface area contributed by atoms with Crippen LogP contribution in [0, 0.1) is 11.2 Å². The summed E-state index contributed by atoms with van der Waals surface area (Å²) in [4.78, 5) is 3.31. The molecule has 1 heterocycles. The standard InChI is InChI=1S/C14H16FN3S/c1-18(9-12-3-2-6-19-12)8-11-5-4-10(14(16)17)7-13(11)15/h2-7H,8-9H2,1H3,(H3,16,17). The summed E-state index contributed by atoms with van der Waals surface area (Å²) >= 11 is 1.69. The zero-order valence-corrected chi connectivity index (χ0v) is 11.5. The highest BCUT2D eigenvalue weighted by Crippen LogP contribution is 2.15. The van der Waals surface area contributed by atoms with E-state index in [2.05, 4.69) is 11.0 Å². The van der Waals surface area contributed by atoms with Crippen LogP contribution in [0.4, 0.5) is 4.39 Å². The molecule has 0 radical (unpaired) electrons. The van der Waals surface area contributed by atoms with Gasteiger partial charge in [0, 0.05) is 29.1 Å². The number of nitrogens with two attached hydrogens (primary N) is 1. The van der Waals surface area contributed by atoms with Gasteiger partial charge in [-0.15, -0.1) is 11.3 Å². The van der Waals surface area contributed by atoms with E-state index in [1.165, 1.54) is 10.9 Å². The summed E-state index contributed by atoms with van der Waals surface area (Å²) in [5, 5.41) is 9.31. The highest BCUT2D eigenvalue weighted by molar-refractivity contribution is 7.09. The van der Waals surface area contributed by atoms with Gasteiger partial charge in [-0.1, -0.05) is 18.2 Å². The number of nitrogens with one attached hydrogen (secondary N) is 1. The number of rotatable bonds is 5. The van der Waals surface area contributed by atoms with Crippen LogP contribution in [0.5, 0.6) is 0 Å². The van der Waals surface area contributed by atoms with E-state index >= 15 is 0 Å². The monoisotopic (exact) mass is 277 g/mol. The summed E-state index contributed by atoms with van der Waals surface area (Å²) in [5.74, 6) is -0.428. The number of thiophene rings is 1. The number of nitrogens with zero attached hydrogens (tertiary/aromatic N) is 1. The minimum Gasteiger partial charge on any atom is -0.384 e. The van der Waals surface area contributed by atoms with Crippen LogP contribution in [0.1, 0.15) is 16.0 Å². The van der Waals surface area contributed by atoms with E-state index in [1.54, 1.807) is 23.5 Å². The third kappa shape index (κ3) is 3.62. The van der Waals surface area contributed by atoms with E-state index in [0.29, 0.717) is 17.7 Å². The SMILES string of the molecule is CN(Cc1cccs1)Cc1ccc(C(=N)N)cc1F. The second-order valence-electron chi connectivity index (χ2n) is 4.47. The van der Waals surface area contributed by atoms with Gasteiger partial charge >= 0.3 is 0 Å². The average Bonchev–Trinajstić information content (AvgIpc) is 2.84. The Balaban J connectivity index is 2.04. The molecule has 2 rings (SSSR count). The quantitative estimate of drug-likeness (QED) is 0.652. The van der Waals surface area contributed by atoms with Gasteiger partial charge in [-0.25, -0.2) is 4.39 Å². The molecule has 0 unspecified atom stereocenters. The first-order chi connectivity index (χ1) is 9.06. The molecule has 2 aromatic rings. The largest absolute Gasteiger partial charge is 0.384 e. The highest BCUT2D eigenvalue weighted by atomic mass is 32.1. The first-order valence-corrected chi connectivity index (χ1v) is 6.78. The predicted octanol–water partition coefficient (Wildman–Crippen LogP) is 2.80. The van der Waals surface area contributed by atoms with Gasteiger partial charge in [-0.2, -0.15) is 0 Å². The van der Waals surface area contributed by atoms with Crippen molar-refractivity contribution in [1.29, 1.82) is 5.41 Å². The first-order valence-electron chi connectivity index (χ1n) is 5.90. The molecule has 0 atom stereocenters. The maximum Gasteiger partial charge on any atom is 0.128 e. The summed E-state index contributed by atoms with van der Waals surface area (Å²) in [6, 6.07) is 8.76. The zero-order chi connectivity index (χ0) is 13.8. The molecule has 5 heteroatoms. The molecule has 100 valence electrons. The topological polar surface area (TPSA) is 53.1 Å². The molecule has 0 aliphatic heterocycles. The lowest BCUT2D eigenvalue weighted by Crippen LogP contribution is -2.18. The molecule has 3 nitrogen and oxygen atoms in total. The third-order valence-corrected chi connectivity index (χ3v) is 3.67. The molecule has 3 N–H and O–H groups in total. The van der Waals surface area contributed by atoms with Gasteiger partial charge in [0.05, 0.1) is 0 Å².